The molecule has 0 amide bonds. The molecule has 0 radical (unpaired) electrons. The zero-order chi connectivity index (χ0) is 17.2. The van der Waals surface area contributed by atoms with E-state index in [-0.39, 0.29) is 0 Å². The number of fused-ring (bicyclic) bond motifs is 2. The average Bonchev–Trinajstić information content (AvgIpc) is 2.95. The van der Waals surface area contributed by atoms with E-state index < -0.39 is 0 Å². The second-order valence-corrected chi connectivity index (χ2v) is 6.90. The third-order valence-corrected chi connectivity index (χ3v) is 5.28. The number of aromatic nitrogens is 1. The van der Waals surface area contributed by atoms with Crippen LogP contribution in [0.15, 0.2) is 12.1 Å². The topological polar surface area (TPSA) is 52.6 Å². The Labute approximate surface area is 148 Å². The Kier molecular flexibility index (Phi) is 4.66. The predicted octanol–water partition coefficient (Wildman–Crippen LogP) is 3.72. The molecule has 1 atom stereocenters. The minimum atomic E-state index is 0.353. The number of hydrogen-bond acceptors (Lipinski definition) is 5. The Hall–Kier alpha value is -2.01. The summed E-state index contributed by atoms with van der Waals surface area (Å²) in [6, 6.07) is 4.40. The van der Waals surface area contributed by atoms with Crippen molar-refractivity contribution < 1.29 is 14.2 Å². The van der Waals surface area contributed by atoms with Gasteiger partial charge in [-0.1, -0.05) is 0 Å². The molecule has 0 saturated carbocycles. The van der Waals surface area contributed by atoms with Crippen LogP contribution in [0.4, 0.5) is 5.69 Å². The highest BCUT2D eigenvalue weighted by molar-refractivity contribution is 5.96. The van der Waals surface area contributed by atoms with Crippen LogP contribution in [0.2, 0.25) is 0 Å². The fraction of sp³-hybridized carbons (Fsp3) is 0.550. The number of hydrogen-bond donors (Lipinski definition) is 1. The van der Waals surface area contributed by atoms with E-state index in [2.05, 4.69) is 11.4 Å². The molecule has 0 bridgehead atoms. The van der Waals surface area contributed by atoms with Gasteiger partial charge in [-0.25, -0.2) is 0 Å². The third-order valence-electron chi connectivity index (χ3n) is 5.28. The van der Waals surface area contributed by atoms with Gasteiger partial charge >= 0.3 is 0 Å². The van der Waals surface area contributed by atoms with E-state index in [9.17, 15) is 0 Å². The summed E-state index contributed by atoms with van der Waals surface area (Å²) in [5.41, 5.74) is 4.77. The van der Waals surface area contributed by atoms with Crippen LogP contribution < -0.4 is 14.8 Å². The predicted molar refractivity (Wildman–Crippen MR) is 99.0 cm³/mol. The van der Waals surface area contributed by atoms with Crippen molar-refractivity contribution >= 4 is 16.6 Å². The first-order chi connectivity index (χ1) is 12.3. The lowest BCUT2D eigenvalue weighted by Gasteiger charge is -2.22. The van der Waals surface area contributed by atoms with E-state index in [1.165, 1.54) is 29.8 Å². The summed E-state index contributed by atoms with van der Waals surface area (Å²) >= 11 is 0. The van der Waals surface area contributed by atoms with Crippen LogP contribution in [0, 0.1) is 0 Å². The van der Waals surface area contributed by atoms with E-state index in [1.807, 2.05) is 6.07 Å². The number of benzene rings is 1. The maximum Gasteiger partial charge on any atom is 0.162 e. The second kappa shape index (κ2) is 7.08. The first-order valence-electron chi connectivity index (χ1n) is 9.22. The maximum atomic E-state index is 5.77. The van der Waals surface area contributed by atoms with Gasteiger partial charge in [-0.3, -0.25) is 4.98 Å². The summed E-state index contributed by atoms with van der Waals surface area (Å²) < 4.78 is 16.8. The van der Waals surface area contributed by atoms with Gasteiger partial charge in [0, 0.05) is 35.5 Å². The van der Waals surface area contributed by atoms with Crippen molar-refractivity contribution in [2.75, 3.05) is 32.8 Å². The minimum absolute atomic E-state index is 0.353. The number of anilines is 1. The second-order valence-electron chi connectivity index (χ2n) is 6.90. The molecule has 5 nitrogen and oxygen atoms in total. The molecule has 1 aliphatic carbocycles. The minimum Gasteiger partial charge on any atom is -0.493 e. The van der Waals surface area contributed by atoms with Crippen LogP contribution in [-0.4, -0.2) is 38.5 Å². The molecule has 1 aliphatic heterocycles. The first kappa shape index (κ1) is 16.5. The van der Waals surface area contributed by atoms with E-state index in [4.69, 9.17) is 19.2 Å². The van der Waals surface area contributed by atoms with Crippen molar-refractivity contribution in [2.45, 2.75) is 44.6 Å². The molecule has 134 valence electrons. The van der Waals surface area contributed by atoms with Gasteiger partial charge in [0.1, 0.15) is 0 Å². The Bertz CT molecular complexity index is 767. The van der Waals surface area contributed by atoms with E-state index >= 15 is 0 Å². The van der Waals surface area contributed by atoms with Crippen LogP contribution in [0.5, 0.6) is 11.5 Å². The Morgan fingerprint density at radius 1 is 1.08 bits per heavy atom. The van der Waals surface area contributed by atoms with Gasteiger partial charge in [-0.2, -0.15) is 0 Å². The molecule has 2 heterocycles. The lowest BCUT2D eigenvalue weighted by atomic mass is 10.0. The molecule has 1 aromatic carbocycles. The zero-order valence-corrected chi connectivity index (χ0v) is 15.1. The standard InChI is InChI=1S/C20H26N2O3/c1-23-18-10-15-17(11-19(18)24-2)22-16-8-5-7-14(16)20(15)21-13-6-3-4-9-25-12-13/h10-11,13H,3-9,12H2,1-2H3,(H,21,22)/t13-/m1/s1. The van der Waals surface area contributed by atoms with E-state index in [0.29, 0.717) is 6.04 Å². The Morgan fingerprint density at radius 2 is 1.92 bits per heavy atom. The largest absolute Gasteiger partial charge is 0.493 e. The van der Waals surface area contributed by atoms with Gasteiger partial charge in [-0.15, -0.1) is 0 Å². The van der Waals surface area contributed by atoms with Crippen molar-refractivity contribution in [1.82, 2.24) is 4.98 Å². The number of aryl methyl sites for hydroxylation is 1. The molecular formula is C20H26N2O3. The smallest absolute Gasteiger partial charge is 0.162 e. The summed E-state index contributed by atoms with van der Waals surface area (Å²) in [5.74, 6) is 1.47. The lowest BCUT2D eigenvalue weighted by molar-refractivity contribution is 0.138. The van der Waals surface area contributed by atoms with Crippen molar-refractivity contribution in [3.8, 4) is 11.5 Å². The molecule has 25 heavy (non-hydrogen) atoms. The van der Waals surface area contributed by atoms with Gasteiger partial charge in [0.25, 0.3) is 0 Å². The molecule has 1 N–H and O–H groups in total. The van der Waals surface area contributed by atoms with Crippen LogP contribution >= 0.6 is 0 Å². The van der Waals surface area contributed by atoms with Crippen LogP contribution in [-0.2, 0) is 17.6 Å². The number of methoxy groups -OCH3 is 2. The number of pyridine rings is 1. The molecule has 0 spiro atoms. The number of ether oxygens (including phenoxy) is 3. The quantitative estimate of drug-likeness (QED) is 0.918. The van der Waals surface area contributed by atoms with Crippen LogP contribution in [0.3, 0.4) is 0 Å². The highest BCUT2D eigenvalue weighted by Crippen LogP contribution is 2.40. The Balaban J connectivity index is 1.82. The average molecular weight is 342 g/mol. The number of rotatable bonds is 4. The molecule has 1 saturated heterocycles. The number of nitrogens with one attached hydrogen (secondary N) is 1. The molecule has 4 rings (SSSR count). The molecule has 1 fully saturated rings. The summed E-state index contributed by atoms with van der Waals surface area (Å²) in [4.78, 5) is 4.91. The van der Waals surface area contributed by atoms with Crippen molar-refractivity contribution in [3.05, 3.63) is 23.4 Å². The third kappa shape index (κ3) is 3.13. The molecule has 5 heteroatoms. The molecule has 1 aromatic heterocycles. The highest BCUT2D eigenvalue weighted by Gasteiger charge is 2.23. The summed E-state index contributed by atoms with van der Waals surface area (Å²) in [6.45, 7) is 1.64. The van der Waals surface area contributed by atoms with Crippen molar-refractivity contribution in [3.63, 3.8) is 0 Å². The van der Waals surface area contributed by atoms with Crippen molar-refractivity contribution in [2.24, 2.45) is 0 Å². The van der Waals surface area contributed by atoms with Gasteiger partial charge < -0.3 is 19.5 Å². The first-order valence-corrected chi connectivity index (χ1v) is 9.22. The molecule has 0 unspecified atom stereocenters. The van der Waals surface area contributed by atoms with Crippen molar-refractivity contribution in [1.29, 1.82) is 0 Å². The maximum absolute atomic E-state index is 5.77. The van der Waals surface area contributed by atoms with E-state index in [1.54, 1.807) is 14.2 Å². The highest BCUT2D eigenvalue weighted by atomic mass is 16.5. The van der Waals surface area contributed by atoms with Gasteiger partial charge in [0.05, 0.1) is 26.3 Å². The number of nitrogens with zero attached hydrogens (tertiary/aromatic N) is 1. The fourth-order valence-corrected chi connectivity index (χ4v) is 3.98. The monoisotopic (exact) mass is 342 g/mol. The van der Waals surface area contributed by atoms with Gasteiger partial charge in [-0.05, 0) is 50.2 Å². The Morgan fingerprint density at radius 3 is 2.76 bits per heavy atom. The normalized spacial score (nSPS) is 20.2. The fourth-order valence-electron chi connectivity index (χ4n) is 3.98. The molecule has 2 aromatic rings. The molecular weight excluding hydrogens is 316 g/mol. The van der Waals surface area contributed by atoms with Gasteiger partial charge in [0.2, 0.25) is 0 Å². The summed E-state index contributed by atoms with van der Waals surface area (Å²) in [6.07, 6.45) is 6.81. The van der Waals surface area contributed by atoms with Crippen LogP contribution in [0.1, 0.15) is 36.9 Å². The zero-order valence-electron chi connectivity index (χ0n) is 15.1. The summed E-state index contributed by atoms with van der Waals surface area (Å²) in [7, 11) is 3.34. The SMILES string of the molecule is COc1cc2nc3c(c(N[C@@H]4CCCCOC4)c2cc1OC)CCC3. The molecule has 2 aliphatic rings. The lowest BCUT2D eigenvalue weighted by Crippen LogP contribution is -2.25. The van der Waals surface area contributed by atoms with E-state index in [0.717, 1.165) is 61.3 Å². The van der Waals surface area contributed by atoms with Crippen LogP contribution in [0.25, 0.3) is 10.9 Å². The van der Waals surface area contributed by atoms with Gasteiger partial charge in [0.15, 0.2) is 11.5 Å². The summed E-state index contributed by atoms with van der Waals surface area (Å²) in [5, 5.41) is 4.91.